The molecule has 0 saturated heterocycles. The third-order valence-electron chi connectivity index (χ3n) is 4.36. The maximum Gasteiger partial charge on any atom is 0.416 e. The van der Waals surface area contributed by atoms with Gasteiger partial charge < -0.3 is 4.90 Å². The van der Waals surface area contributed by atoms with E-state index >= 15 is 0 Å². The van der Waals surface area contributed by atoms with E-state index in [1.165, 1.54) is 12.1 Å². The zero-order valence-electron chi connectivity index (χ0n) is 11.9. The van der Waals surface area contributed by atoms with Crippen molar-refractivity contribution in [3.05, 3.63) is 35.4 Å². The minimum Gasteiger partial charge on any atom is -0.335 e. The Morgan fingerprint density at radius 3 is 2.43 bits per heavy atom. The van der Waals surface area contributed by atoms with Gasteiger partial charge in [-0.05, 0) is 36.8 Å². The van der Waals surface area contributed by atoms with Crippen molar-refractivity contribution in [1.29, 1.82) is 0 Å². The van der Waals surface area contributed by atoms with E-state index in [9.17, 15) is 18.0 Å². The van der Waals surface area contributed by atoms with E-state index in [2.05, 4.69) is 0 Å². The maximum atomic E-state index is 13.0. The molecule has 2 aliphatic carbocycles. The summed E-state index contributed by atoms with van der Waals surface area (Å²) in [6.45, 7) is 2.08. The van der Waals surface area contributed by atoms with Crippen molar-refractivity contribution in [2.24, 2.45) is 11.8 Å². The van der Waals surface area contributed by atoms with Gasteiger partial charge >= 0.3 is 6.18 Å². The zero-order valence-corrected chi connectivity index (χ0v) is 11.9. The maximum absolute atomic E-state index is 13.0. The lowest BCUT2D eigenvalue weighted by atomic mass is 10.1. The van der Waals surface area contributed by atoms with Crippen LogP contribution in [-0.2, 0) is 17.5 Å². The lowest BCUT2D eigenvalue weighted by molar-refractivity contribution is -0.140. The molecule has 0 aromatic heterocycles. The van der Waals surface area contributed by atoms with E-state index in [0.717, 1.165) is 25.3 Å². The number of benzene rings is 1. The number of hydrogen-bond donors (Lipinski definition) is 0. The molecule has 0 heterocycles. The summed E-state index contributed by atoms with van der Waals surface area (Å²) < 4.78 is 39.1. The molecule has 2 atom stereocenters. The standard InChI is InChI=1S/C16H18F3NO/c1-10-8-13(10)15(21)20(12-6-7-12)9-11-4-2-3-5-14(11)16(17,18)19/h2-5,10,12-13H,6-9H2,1H3. The smallest absolute Gasteiger partial charge is 0.335 e. The van der Waals surface area contributed by atoms with Gasteiger partial charge in [0.05, 0.1) is 5.56 Å². The van der Waals surface area contributed by atoms with Crippen molar-refractivity contribution in [2.45, 2.75) is 44.9 Å². The predicted octanol–water partition coefficient (Wildman–Crippen LogP) is 3.85. The van der Waals surface area contributed by atoms with E-state index in [1.807, 2.05) is 6.92 Å². The van der Waals surface area contributed by atoms with E-state index in [0.29, 0.717) is 5.92 Å². The summed E-state index contributed by atoms with van der Waals surface area (Å²) >= 11 is 0. The van der Waals surface area contributed by atoms with Crippen LogP contribution in [0.2, 0.25) is 0 Å². The van der Waals surface area contributed by atoms with Crippen LogP contribution in [0.1, 0.15) is 37.3 Å². The molecule has 114 valence electrons. The first kappa shape index (κ1) is 14.4. The van der Waals surface area contributed by atoms with Crippen molar-refractivity contribution in [2.75, 3.05) is 0 Å². The van der Waals surface area contributed by atoms with Crippen LogP contribution in [0.25, 0.3) is 0 Å². The number of halogens is 3. The van der Waals surface area contributed by atoms with E-state index < -0.39 is 11.7 Å². The molecule has 3 rings (SSSR count). The molecule has 1 amide bonds. The van der Waals surface area contributed by atoms with E-state index in [4.69, 9.17) is 0 Å². The number of rotatable bonds is 4. The minimum atomic E-state index is -4.37. The van der Waals surface area contributed by atoms with Crippen LogP contribution in [0.5, 0.6) is 0 Å². The molecule has 0 N–H and O–H groups in total. The Morgan fingerprint density at radius 1 is 1.29 bits per heavy atom. The molecule has 0 radical (unpaired) electrons. The number of hydrogen-bond acceptors (Lipinski definition) is 1. The number of alkyl halides is 3. The molecule has 1 aromatic rings. The normalized spacial score (nSPS) is 24.8. The molecule has 0 spiro atoms. The highest BCUT2D eigenvalue weighted by Crippen LogP contribution is 2.42. The summed E-state index contributed by atoms with van der Waals surface area (Å²) in [5.74, 6) is 0.419. The van der Waals surface area contributed by atoms with Crippen LogP contribution < -0.4 is 0 Å². The van der Waals surface area contributed by atoms with Crippen LogP contribution in [0.15, 0.2) is 24.3 Å². The molecule has 5 heteroatoms. The Kier molecular flexibility index (Phi) is 3.46. The van der Waals surface area contributed by atoms with Crippen LogP contribution in [0, 0.1) is 11.8 Å². The van der Waals surface area contributed by atoms with Gasteiger partial charge in [0.1, 0.15) is 0 Å². The molecule has 2 fully saturated rings. The number of nitrogens with zero attached hydrogens (tertiary/aromatic N) is 1. The Bertz CT molecular complexity index is 551. The molecule has 2 unspecified atom stereocenters. The van der Waals surface area contributed by atoms with Gasteiger partial charge in [-0.25, -0.2) is 0 Å². The average molecular weight is 297 g/mol. The zero-order chi connectivity index (χ0) is 15.2. The lowest BCUT2D eigenvalue weighted by Crippen LogP contribution is -2.34. The quantitative estimate of drug-likeness (QED) is 0.826. The summed E-state index contributed by atoms with van der Waals surface area (Å²) in [5, 5.41) is 0. The molecule has 2 aliphatic rings. The third kappa shape index (κ3) is 3.06. The highest BCUT2D eigenvalue weighted by molar-refractivity contribution is 5.82. The third-order valence-corrected chi connectivity index (χ3v) is 4.36. The second kappa shape index (κ2) is 5.04. The Balaban J connectivity index is 1.82. The van der Waals surface area contributed by atoms with E-state index in [-0.39, 0.29) is 30.0 Å². The van der Waals surface area contributed by atoms with Crippen LogP contribution in [0.3, 0.4) is 0 Å². The van der Waals surface area contributed by atoms with Crippen LogP contribution >= 0.6 is 0 Å². The van der Waals surface area contributed by atoms with Gasteiger partial charge in [0.2, 0.25) is 5.91 Å². The second-order valence-corrected chi connectivity index (χ2v) is 6.17. The largest absolute Gasteiger partial charge is 0.416 e. The van der Waals surface area contributed by atoms with Crippen molar-refractivity contribution in [1.82, 2.24) is 4.90 Å². The van der Waals surface area contributed by atoms with Gasteiger partial charge in [0, 0.05) is 18.5 Å². The fourth-order valence-corrected chi connectivity index (χ4v) is 2.77. The summed E-state index contributed by atoms with van der Waals surface area (Å²) in [7, 11) is 0. The highest BCUT2D eigenvalue weighted by Gasteiger charge is 2.45. The Labute approximate surface area is 121 Å². The number of carbonyl (C=O) groups is 1. The second-order valence-electron chi connectivity index (χ2n) is 6.17. The first-order valence-electron chi connectivity index (χ1n) is 7.33. The monoisotopic (exact) mass is 297 g/mol. The Morgan fingerprint density at radius 2 is 1.90 bits per heavy atom. The summed E-state index contributed by atoms with van der Waals surface area (Å²) in [4.78, 5) is 14.1. The molecular weight excluding hydrogens is 279 g/mol. The predicted molar refractivity (Wildman–Crippen MR) is 72.3 cm³/mol. The highest BCUT2D eigenvalue weighted by atomic mass is 19.4. The van der Waals surface area contributed by atoms with E-state index in [1.54, 1.807) is 11.0 Å². The lowest BCUT2D eigenvalue weighted by Gasteiger charge is -2.24. The van der Waals surface area contributed by atoms with Gasteiger partial charge in [-0.2, -0.15) is 13.2 Å². The van der Waals surface area contributed by atoms with Gasteiger partial charge in [-0.15, -0.1) is 0 Å². The first-order chi connectivity index (χ1) is 9.88. The van der Waals surface area contributed by atoms with Crippen molar-refractivity contribution in [3.8, 4) is 0 Å². The molecule has 1 aromatic carbocycles. The molecule has 0 bridgehead atoms. The molecule has 2 nitrogen and oxygen atoms in total. The molecular formula is C16H18F3NO. The Hall–Kier alpha value is -1.52. The van der Waals surface area contributed by atoms with Crippen LogP contribution in [-0.4, -0.2) is 16.8 Å². The summed E-state index contributed by atoms with van der Waals surface area (Å²) in [6.07, 6.45) is -1.70. The fraction of sp³-hybridized carbons (Fsp3) is 0.562. The first-order valence-corrected chi connectivity index (χ1v) is 7.33. The SMILES string of the molecule is CC1CC1C(=O)N(Cc1ccccc1C(F)(F)F)C1CC1. The molecule has 0 aliphatic heterocycles. The molecule has 2 saturated carbocycles. The van der Waals surface area contributed by atoms with Crippen molar-refractivity contribution in [3.63, 3.8) is 0 Å². The number of carbonyl (C=O) groups excluding carboxylic acids is 1. The summed E-state index contributed by atoms with van der Waals surface area (Å²) in [6, 6.07) is 5.68. The molecule has 21 heavy (non-hydrogen) atoms. The van der Waals surface area contributed by atoms with Crippen molar-refractivity contribution < 1.29 is 18.0 Å². The topological polar surface area (TPSA) is 20.3 Å². The van der Waals surface area contributed by atoms with Gasteiger partial charge in [0.15, 0.2) is 0 Å². The number of amides is 1. The summed E-state index contributed by atoms with van der Waals surface area (Å²) in [5.41, 5.74) is -0.439. The van der Waals surface area contributed by atoms with Crippen molar-refractivity contribution >= 4 is 5.91 Å². The van der Waals surface area contributed by atoms with Gasteiger partial charge in [-0.3, -0.25) is 4.79 Å². The fourth-order valence-electron chi connectivity index (χ4n) is 2.77. The van der Waals surface area contributed by atoms with Gasteiger partial charge in [-0.1, -0.05) is 25.1 Å². The average Bonchev–Trinajstić information content (AvgIpc) is 3.30. The van der Waals surface area contributed by atoms with Crippen LogP contribution in [0.4, 0.5) is 13.2 Å². The van der Waals surface area contributed by atoms with Gasteiger partial charge in [0.25, 0.3) is 0 Å². The minimum absolute atomic E-state index is 0.0173.